The Morgan fingerprint density at radius 3 is 1.67 bits per heavy atom. The summed E-state index contributed by atoms with van der Waals surface area (Å²) in [6, 6.07) is 0. The molecule has 88 valence electrons. The summed E-state index contributed by atoms with van der Waals surface area (Å²) in [5.74, 6) is 0. The van der Waals surface area contributed by atoms with E-state index in [0.717, 1.165) is 13.2 Å². The van der Waals surface area contributed by atoms with Gasteiger partial charge in [0.25, 0.3) is 0 Å². The van der Waals surface area contributed by atoms with Gasteiger partial charge in [0, 0.05) is 18.3 Å². The highest BCUT2D eigenvalue weighted by Gasteiger charge is 2.41. The van der Waals surface area contributed by atoms with Crippen molar-refractivity contribution in [3.05, 3.63) is 0 Å². The minimum absolute atomic E-state index is 0.198. The second kappa shape index (κ2) is 4.01. The number of ether oxygens (including phenoxy) is 2. The minimum atomic E-state index is -0.515. The van der Waals surface area contributed by atoms with Crippen molar-refractivity contribution in [2.45, 2.75) is 51.1 Å². The van der Waals surface area contributed by atoms with E-state index >= 15 is 0 Å². The second-order valence-electron chi connectivity index (χ2n) is 5.24. The van der Waals surface area contributed by atoms with Crippen LogP contribution in [-0.4, -0.2) is 47.8 Å². The minimum Gasteiger partial charge on any atom is -0.392 e. The molecule has 2 rings (SSSR count). The van der Waals surface area contributed by atoms with Crippen molar-refractivity contribution in [3.8, 4) is 0 Å². The molecular weight excluding hydrogens is 196 g/mol. The molecule has 0 radical (unpaired) electrons. The van der Waals surface area contributed by atoms with Crippen molar-refractivity contribution in [2.75, 3.05) is 13.2 Å². The van der Waals surface area contributed by atoms with E-state index in [2.05, 4.69) is 0 Å². The lowest BCUT2D eigenvalue weighted by Crippen LogP contribution is -2.41. The average molecular weight is 216 g/mol. The normalized spacial score (nSPS) is 33.6. The fourth-order valence-electron chi connectivity index (χ4n) is 1.74. The third-order valence-electron chi connectivity index (χ3n) is 3.49. The molecule has 4 unspecified atom stereocenters. The Morgan fingerprint density at radius 2 is 1.40 bits per heavy atom. The molecular formula is C11H20O4. The van der Waals surface area contributed by atoms with Crippen LogP contribution in [0.1, 0.15) is 26.7 Å². The maximum atomic E-state index is 10.0. The molecule has 0 aromatic carbocycles. The molecule has 0 amide bonds. The average Bonchev–Trinajstić information content (AvgIpc) is 2.97. The van der Waals surface area contributed by atoms with Gasteiger partial charge in [0.15, 0.2) is 0 Å². The fourth-order valence-corrected chi connectivity index (χ4v) is 1.74. The van der Waals surface area contributed by atoms with Crippen LogP contribution in [0.15, 0.2) is 0 Å². The van der Waals surface area contributed by atoms with Crippen molar-refractivity contribution in [1.82, 2.24) is 0 Å². The lowest BCUT2D eigenvalue weighted by molar-refractivity contribution is -0.0583. The summed E-state index contributed by atoms with van der Waals surface area (Å²) >= 11 is 0. The lowest BCUT2D eigenvalue weighted by Gasteiger charge is -2.35. The Hall–Kier alpha value is -0.160. The van der Waals surface area contributed by atoms with E-state index in [9.17, 15) is 10.2 Å². The van der Waals surface area contributed by atoms with Gasteiger partial charge < -0.3 is 19.7 Å². The van der Waals surface area contributed by atoms with Crippen LogP contribution in [0.25, 0.3) is 0 Å². The van der Waals surface area contributed by atoms with Gasteiger partial charge in [-0.1, -0.05) is 13.8 Å². The van der Waals surface area contributed by atoms with Crippen molar-refractivity contribution >= 4 is 0 Å². The van der Waals surface area contributed by atoms with Crippen LogP contribution < -0.4 is 0 Å². The summed E-state index contributed by atoms with van der Waals surface area (Å²) in [5.41, 5.74) is -0.488. The van der Waals surface area contributed by atoms with Gasteiger partial charge in [-0.2, -0.15) is 0 Å². The molecule has 0 aliphatic carbocycles. The highest BCUT2D eigenvalue weighted by Crippen LogP contribution is 2.34. The number of aliphatic hydroxyl groups excluding tert-OH is 2. The number of aliphatic hydroxyl groups is 2. The van der Waals surface area contributed by atoms with E-state index < -0.39 is 17.6 Å². The summed E-state index contributed by atoms with van der Waals surface area (Å²) in [4.78, 5) is 0. The molecule has 2 aliphatic heterocycles. The first-order chi connectivity index (χ1) is 7.00. The van der Waals surface area contributed by atoms with Gasteiger partial charge in [0.1, 0.15) is 0 Å². The van der Waals surface area contributed by atoms with Crippen LogP contribution in [0.2, 0.25) is 0 Å². The first-order valence-corrected chi connectivity index (χ1v) is 5.59. The summed E-state index contributed by atoms with van der Waals surface area (Å²) in [6.45, 7) is 5.28. The molecule has 0 aromatic rings. The largest absolute Gasteiger partial charge is 0.392 e. The van der Waals surface area contributed by atoms with Gasteiger partial charge in [0.05, 0.1) is 37.6 Å². The molecule has 4 nitrogen and oxygen atoms in total. The zero-order chi connectivity index (χ0) is 11.1. The van der Waals surface area contributed by atoms with E-state index in [1.165, 1.54) is 0 Å². The maximum Gasteiger partial charge on any atom is 0.0834 e. The molecule has 2 heterocycles. The zero-order valence-corrected chi connectivity index (χ0v) is 9.35. The number of hydrogen-bond acceptors (Lipinski definition) is 4. The molecule has 15 heavy (non-hydrogen) atoms. The number of hydrogen-bond donors (Lipinski definition) is 2. The lowest BCUT2D eigenvalue weighted by atomic mass is 9.77. The first kappa shape index (κ1) is 11.3. The van der Waals surface area contributed by atoms with Gasteiger partial charge in [-0.05, 0) is 0 Å². The number of rotatable bonds is 6. The van der Waals surface area contributed by atoms with Gasteiger partial charge in [0.2, 0.25) is 0 Å². The van der Waals surface area contributed by atoms with Crippen LogP contribution >= 0.6 is 0 Å². The maximum absolute atomic E-state index is 10.0. The van der Waals surface area contributed by atoms with Gasteiger partial charge in [-0.25, -0.2) is 0 Å². The topological polar surface area (TPSA) is 65.5 Å². The van der Waals surface area contributed by atoms with Crippen LogP contribution in [0, 0.1) is 5.41 Å². The molecule has 2 fully saturated rings. The third kappa shape index (κ3) is 2.91. The Labute approximate surface area is 90.2 Å². The van der Waals surface area contributed by atoms with E-state index in [0.29, 0.717) is 12.8 Å². The van der Waals surface area contributed by atoms with Crippen LogP contribution in [0.3, 0.4) is 0 Å². The number of epoxide rings is 2. The quantitative estimate of drug-likeness (QED) is 0.627. The van der Waals surface area contributed by atoms with E-state index in [4.69, 9.17) is 9.47 Å². The van der Waals surface area contributed by atoms with Crippen LogP contribution in [0.4, 0.5) is 0 Å². The predicted octanol–water partition coefficient (Wildman–Crippen LogP) is 0.312. The first-order valence-electron chi connectivity index (χ1n) is 5.59. The molecule has 0 spiro atoms. The highest BCUT2D eigenvalue weighted by molar-refractivity contribution is 4.91. The van der Waals surface area contributed by atoms with Crippen molar-refractivity contribution in [3.63, 3.8) is 0 Å². The summed E-state index contributed by atoms with van der Waals surface area (Å²) < 4.78 is 10.2. The van der Waals surface area contributed by atoms with E-state index in [-0.39, 0.29) is 12.2 Å². The summed E-state index contributed by atoms with van der Waals surface area (Å²) in [5, 5.41) is 20.0. The highest BCUT2D eigenvalue weighted by atomic mass is 16.6. The third-order valence-corrected chi connectivity index (χ3v) is 3.49. The second-order valence-corrected chi connectivity index (χ2v) is 5.24. The van der Waals surface area contributed by atoms with E-state index in [1.807, 2.05) is 13.8 Å². The van der Waals surface area contributed by atoms with Gasteiger partial charge in [-0.3, -0.25) is 0 Å². The molecule has 0 saturated carbocycles. The van der Waals surface area contributed by atoms with Crippen molar-refractivity contribution in [1.29, 1.82) is 0 Å². The Bertz CT molecular complexity index is 199. The predicted molar refractivity (Wildman–Crippen MR) is 54.5 cm³/mol. The van der Waals surface area contributed by atoms with Crippen LogP contribution in [0.5, 0.6) is 0 Å². The Balaban J connectivity index is 1.83. The Kier molecular flexibility index (Phi) is 3.03. The monoisotopic (exact) mass is 216 g/mol. The summed E-state index contributed by atoms with van der Waals surface area (Å²) in [6.07, 6.45) is 0.607. The molecule has 2 saturated heterocycles. The van der Waals surface area contributed by atoms with Gasteiger partial charge >= 0.3 is 0 Å². The molecule has 2 aliphatic rings. The van der Waals surface area contributed by atoms with Gasteiger partial charge in [-0.15, -0.1) is 0 Å². The summed E-state index contributed by atoms with van der Waals surface area (Å²) in [7, 11) is 0. The Morgan fingerprint density at radius 1 is 1.07 bits per heavy atom. The SMILES string of the molecule is CC(C)(C(O)CC1CO1)C(O)CC1CO1. The molecule has 0 aromatic heterocycles. The molecule has 2 N–H and O–H groups in total. The van der Waals surface area contributed by atoms with Crippen molar-refractivity contribution < 1.29 is 19.7 Å². The van der Waals surface area contributed by atoms with E-state index in [1.54, 1.807) is 0 Å². The molecule has 4 heteroatoms. The van der Waals surface area contributed by atoms with Crippen LogP contribution in [-0.2, 0) is 9.47 Å². The standard InChI is InChI=1S/C11H20O4/c1-11(2,9(12)3-7-5-14-7)10(13)4-8-6-15-8/h7-10,12-13H,3-6H2,1-2H3. The zero-order valence-electron chi connectivity index (χ0n) is 9.35. The fraction of sp³-hybridized carbons (Fsp3) is 1.00. The smallest absolute Gasteiger partial charge is 0.0834 e. The van der Waals surface area contributed by atoms with Crippen molar-refractivity contribution in [2.24, 2.45) is 5.41 Å². The molecule has 4 atom stereocenters. The molecule has 0 bridgehead atoms.